The molecule has 0 amide bonds. The Balaban J connectivity index is 1.45. The van der Waals surface area contributed by atoms with Crippen molar-refractivity contribution in [2.75, 3.05) is 49.1 Å². The minimum atomic E-state index is -3.49. The molecular formula is C17H22N6O2S. The fourth-order valence-electron chi connectivity index (χ4n) is 3.44. The van der Waals surface area contributed by atoms with Crippen LogP contribution in [-0.4, -0.2) is 66.9 Å². The van der Waals surface area contributed by atoms with Crippen LogP contribution >= 0.6 is 0 Å². The molecule has 0 spiro atoms. The van der Waals surface area contributed by atoms with Crippen LogP contribution in [0.15, 0.2) is 41.8 Å². The van der Waals surface area contributed by atoms with Gasteiger partial charge in [-0.05, 0) is 25.0 Å². The van der Waals surface area contributed by atoms with E-state index in [2.05, 4.69) is 24.8 Å². The second kappa shape index (κ2) is 7.16. The number of sulfonamides is 1. The summed E-state index contributed by atoms with van der Waals surface area (Å²) < 4.78 is 26.9. The van der Waals surface area contributed by atoms with E-state index in [1.165, 1.54) is 23.3 Å². The summed E-state index contributed by atoms with van der Waals surface area (Å²) in [7, 11) is -3.49. The van der Waals surface area contributed by atoms with Crippen molar-refractivity contribution in [1.82, 2.24) is 19.3 Å². The zero-order chi connectivity index (χ0) is 18.0. The highest BCUT2D eigenvalue weighted by molar-refractivity contribution is 7.89. The van der Waals surface area contributed by atoms with Crippen LogP contribution in [0.4, 0.5) is 11.6 Å². The number of hydrogen-bond acceptors (Lipinski definition) is 7. The lowest BCUT2D eigenvalue weighted by Crippen LogP contribution is -2.49. The van der Waals surface area contributed by atoms with Crippen LogP contribution in [0, 0.1) is 0 Å². The third-order valence-corrected chi connectivity index (χ3v) is 6.79. The van der Waals surface area contributed by atoms with Crippen LogP contribution in [0.2, 0.25) is 0 Å². The number of hydrogen-bond donors (Lipinski definition) is 0. The number of aromatic nitrogens is 3. The second-order valence-corrected chi connectivity index (χ2v) is 8.45. The van der Waals surface area contributed by atoms with Gasteiger partial charge in [0.1, 0.15) is 22.9 Å². The van der Waals surface area contributed by atoms with E-state index in [1.807, 2.05) is 6.07 Å². The summed E-state index contributed by atoms with van der Waals surface area (Å²) in [6.45, 7) is 4.15. The maximum Gasteiger partial charge on any atom is 0.244 e. The van der Waals surface area contributed by atoms with Crippen LogP contribution < -0.4 is 9.80 Å². The second-order valence-electron chi connectivity index (χ2n) is 6.51. The quantitative estimate of drug-likeness (QED) is 0.789. The third kappa shape index (κ3) is 3.36. The van der Waals surface area contributed by atoms with Crippen molar-refractivity contribution in [3.63, 3.8) is 0 Å². The molecule has 4 heterocycles. The van der Waals surface area contributed by atoms with E-state index in [0.29, 0.717) is 26.2 Å². The van der Waals surface area contributed by atoms with E-state index >= 15 is 0 Å². The van der Waals surface area contributed by atoms with Gasteiger partial charge in [0.15, 0.2) is 0 Å². The molecule has 0 unspecified atom stereocenters. The lowest BCUT2D eigenvalue weighted by atomic mass is 10.3. The topological polar surface area (TPSA) is 82.5 Å². The summed E-state index contributed by atoms with van der Waals surface area (Å²) in [5.41, 5.74) is 0. The van der Waals surface area contributed by atoms with Crippen LogP contribution in [0.5, 0.6) is 0 Å². The molecule has 0 saturated carbocycles. The Morgan fingerprint density at radius 1 is 0.885 bits per heavy atom. The summed E-state index contributed by atoms with van der Waals surface area (Å²) in [6, 6.07) is 5.24. The number of pyridine rings is 1. The van der Waals surface area contributed by atoms with Crippen molar-refractivity contribution in [2.24, 2.45) is 0 Å². The summed E-state index contributed by atoms with van der Waals surface area (Å²) in [5, 5.41) is 0. The molecule has 0 atom stereocenters. The van der Waals surface area contributed by atoms with Gasteiger partial charge in [0, 0.05) is 57.7 Å². The molecule has 0 radical (unpaired) electrons. The zero-order valence-corrected chi connectivity index (χ0v) is 15.3. The van der Waals surface area contributed by atoms with Crippen molar-refractivity contribution >= 4 is 21.7 Å². The molecule has 8 nitrogen and oxygen atoms in total. The smallest absolute Gasteiger partial charge is 0.244 e. The predicted molar refractivity (Wildman–Crippen MR) is 98.7 cm³/mol. The Labute approximate surface area is 153 Å². The van der Waals surface area contributed by atoms with Crippen LogP contribution in [0.25, 0.3) is 0 Å². The van der Waals surface area contributed by atoms with Gasteiger partial charge in [-0.25, -0.2) is 18.4 Å². The average Bonchev–Trinajstić information content (AvgIpc) is 3.24. The number of piperazine rings is 1. The first-order valence-corrected chi connectivity index (χ1v) is 10.3. The molecular weight excluding hydrogens is 352 g/mol. The van der Waals surface area contributed by atoms with Crippen LogP contribution in [0.1, 0.15) is 12.8 Å². The molecule has 2 aromatic heterocycles. The normalized spacial score (nSPS) is 19.1. The van der Waals surface area contributed by atoms with Crippen molar-refractivity contribution in [3.8, 4) is 0 Å². The third-order valence-electron chi connectivity index (χ3n) is 4.90. The van der Waals surface area contributed by atoms with Crippen molar-refractivity contribution in [3.05, 3.63) is 36.9 Å². The molecule has 0 N–H and O–H groups in total. The number of anilines is 2. The Kier molecular flexibility index (Phi) is 4.73. The number of rotatable bonds is 4. The van der Waals surface area contributed by atoms with Gasteiger partial charge in [0.25, 0.3) is 0 Å². The monoisotopic (exact) mass is 374 g/mol. The van der Waals surface area contributed by atoms with E-state index in [9.17, 15) is 8.42 Å². The SMILES string of the molecule is O=S(=O)(c1cccnc1)N1CCN(c2cc(N3CCCC3)ncn2)CC1. The van der Waals surface area contributed by atoms with E-state index in [1.54, 1.807) is 24.7 Å². The Hall–Kier alpha value is -2.26. The molecule has 2 aromatic rings. The molecule has 138 valence electrons. The minimum Gasteiger partial charge on any atom is -0.356 e. The molecule has 2 saturated heterocycles. The fraction of sp³-hybridized carbons (Fsp3) is 0.471. The van der Waals surface area contributed by atoms with Crippen molar-refractivity contribution in [2.45, 2.75) is 17.7 Å². The molecule has 2 fully saturated rings. The van der Waals surface area contributed by atoms with Gasteiger partial charge in [-0.15, -0.1) is 0 Å². The predicted octanol–water partition coefficient (Wildman–Crippen LogP) is 0.983. The Morgan fingerprint density at radius 3 is 2.15 bits per heavy atom. The summed E-state index contributed by atoms with van der Waals surface area (Å²) in [6.07, 6.45) is 6.97. The summed E-state index contributed by atoms with van der Waals surface area (Å²) in [5.74, 6) is 1.82. The van der Waals surface area contributed by atoms with Crippen molar-refractivity contribution < 1.29 is 8.42 Å². The van der Waals surface area contributed by atoms with Crippen LogP contribution in [-0.2, 0) is 10.0 Å². The van der Waals surface area contributed by atoms with Crippen molar-refractivity contribution in [1.29, 1.82) is 0 Å². The lowest BCUT2D eigenvalue weighted by Gasteiger charge is -2.34. The molecule has 4 rings (SSSR count). The van der Waals surface area contributed by atoms with Gasteiger partial charge in [0.2, 0.25) is 10.0 Å². The minimum absolute atomic E-state index is 0.242. The highest BCUT2D eigenvalue weighted by atomic mass is 32.2. The first kappa shape index (κ1) is 17.2. The maximum atomic E-state index is 12.7. The maximum absolute atomic E-state index is 12.7. The lowest BCUT2D eigenvalue weighted by molar-refractivity contribution is 0.383. The van der Waals surface area contributed by atoms with Gasteiger partial charge < -0.3 is 9.80 Å². The molecule has 0 bridgehead atoms. The zero-order valence-electron chi connectivity index (χ0n) is 14.5. The van der Waals surface area contributed by atoms with Gasteiger partial charge in [-0.3, -0.25) is 4.98 Å². The molecule has 0 aromatic carbocycles. The summed E-state index contributed by atoms with van der Waals surface area (Å²) in [4.78, 5) is 17.3. The van der Waals surface area contributed by atoms with Gasteiger partial charge in [-0.2, -0.15) is 4.31 Å². The Morgan fingerprint density at radius 2 is 1.54 bits per heavy atom. The summed E-state index contributed by atoms with van der Waals surface area (Å²) >= 11 is 0. The van der Waals surface area contributed by atoms with Crippen LogP contribution in [0.3, 0.4) is 0 Å². The van der Waals surface area contributed by atoms with E-state index in [0.717, 1.165) is 24.7 Å². The fourth-order valence-corrected chi connectivity index (χ4v) is 4.82. The van der Waals surface area contributed by atoms with Gasteiger partial charge in [0.05, 0.1) is 0 Å². The Bertz CT molecular complexity index is 847. The first-order chi connectivity index (χ1) is 12.6. The molecule has 2 aliphatic rings. The molecule has 0 aliphatic carbocycles. The van der Waals surface area contributed by atoms with E-state index in [-0.39, 0.29) is 4.90 Å². The van der Waals surface area contributed by atoms with Gasteiger partial charge in [-0.1, -0.05) is 0 Å². The standard InChI is InChI=1S/C17H22N6O2S/c24-26(25,15-4-3-5-18-13-15)23-10-8-22(9-11-23)17-12-16(19-14-20-17)21-6-1-2-7-21/h3-5,12-14H,1-2,6-11H2. The van der Waals surface area contributed by atoms with Gasteiger partial charge >= 0.3 is 0 Å². The molecule has 2 aliphatic heterocycles. The molecule has 9 heteroatoms. The highest BCUT2D eigenvalue weighted by Crippen LogP contribution is 2.23. The largest absolute Gasteiger partial charge is 0.356 e. The highest BCUT2D eigenvalue weighted by Gasteiger charge is 2.29. The van der Waals surface area contributed by atoms with E-state index in [4.69, 9.17) is 0 Å². The van der Waals surface area contributed by atoms with E-state index < -0.39 is 10.0 Å². The first-order valence-electron chi connectivity index (χ1n) is 8.87. The molecule has 26 heavy (non-hydrogen) atoms. The average molecular weight is 374 g/mol. The number of nitrogens with zero attached hydrogens (tertiary/aromatic N) is 6.